The van der Waals surface area contributed by atoms with E-state index in [2.05, 4.69) is 46.5 Å². The van der Waals surface area contributed by atoms with Crippen LogP contribution in [0.2, 0.25) is 15.2 Å². The van der Waals surface area contributed by atoms with Crippen LogP contribution in [0, 0.1) is 13.8 Å². The van der Waals surface area contributed by atoms with E-state index in [0.29, 0.717) is 30.3 Å². The number of rotatable bonds is 8. The molecule has 57 heavy (non-hydrogen) atoms. The van der Waals surface area contributed by atoms with Gasteiger partial charge in [-0.15, -0.1) is 0 Å². The summed E-state index contributed by atoms with van der Waals surface area (Å²) in [5.74, 6) is 0.245. The molecule has 14 nitrogen and oxygen atoms in total. The lowest BCUT2D eigenvalue weighted by Crippen LogP contribution is -2.36. The molecule has 2 aromatic carbocycles. The van der Waals surface area contributed by atoms with Gasteiger partial charge in [0.15, 0.2) is 0 Å². The van der Waals surface area contributed by atoms with Crippen LogP contribution in [0.15, 0.2) is 48.5 Å². The van der Waals surface area contributed by atoms with Crippen LogP contribution in [0.3, 0.4) is 0 Å². The standard InChI is InChI=1S/C21H26ClF3N6O3.C13H9Cl2F3N4O/c1-12-10-16(26-8-9-31(5)19(33)34-20(2,3)4)29-17(27-12)30-18(32)28-13-6-7-15(22)14(11-13)21(23,24)25;1-6-4-10(15)21-11(19-6)22-12(23)20-7-2-3-9(14)8(5-7)13(16,17)18/h6-7,10-11H,8-9H2,1-5H3,(H3,26,27,28,29,30,32);2-5H,1H3,(H2,19,20,21,22,23). The van der Waals surface area contributed by atoms with Gasteiger partial charge in [0.1, 0.15) is 16.6 Å². The van der Waals surface area contributed by atoms with Crippen molar-refractivity contribution in [3.63, 3.8) is 0 Å². The minimum atomic E-state index is -4.66. The van der Waals surface area contributed by atoms with Gasteiger partial charge in [-0.25, -0.2) is 29.3 Å². The molecule has 0 bridgehead atoms. The van der Waals surface area contributed by atoms with E-state index in [1.165, 1.54) is 23.1 Å². The van der Waals surface area contributed by atoms with Gasteiger partial charge in [-0.3, -0.25) is 10.6 Å². The quantitative estimate of drug-likeness (QED) is 0.0853. The number of halogens is 9. The van der Waals surface area contributed by atoms with Crippen LogP contribution < -0.4 is 26.6 Å². The van der Waals surface area contributed by atoms with Crippen LogP contribution in [-0.2, 0) is 17.1 Å². The number of amides is 5. The number of aromatic nitrogens is 4. The van der Waals surface area contributed by atoms with Gasteiger partial charge >= 0.3 is 30.5 Å². The van der Waals surface area contributed by atoms with Crippen LogP contribution >= 0.6 is 34.8 Å². The van der Waals surface area contributed by atoms with Crippen molar-refractivity contribution in [2.24, 2.45) is 0 Å². The molecule has 5 N–H and O–H groups in total. The zero-order valence-electron chi connectivity index (χ0n) is 30.8. The number of nitrogens with one attached hydrogen (secondary N) is 5. The van der Waals surface area contributed by atoms with Crippen molar-refractivity contribution in [1.29, 1.82) is 0 Å². The molecule has 0 radical (unpaired) electrons. The summed E-state index contributed by atoms with van der Waals surface area (Å²) in [6.07, 6.45) is -9.76. The van der Waals surface area contributed by atoms with Gasteiger partial charge in [0.2, 0.25) is 11.9 Å². The minimum absolute atomic E-state index is 0.0643. The Hall–Kier alpha value is -5.34. The first-order valence-electron chi connectivity index (χ1n) is 16.2. The van der Waals surface area contributed by atoms with E-state index in [1.54, 1.807) is 47.7 Å². The van der Waals surface area contributed by atoms with E-state index in [1.807, 2.05) is 0 Å². The van der Waals surface area contributed by atoms with Gasteiger partial charge in [0.25, 0.3) is 0 Å². The minimum Gasteiger partial charge on any atom is -0.444 e. The van der Waals surface area contributed by atoms with Gasteiger partial charge in [0.05, 0.1) is 21.2 Å². The third-order valence-electron chi connectivity index (χ3n) is 6.65. The summed E-state index contributed by atoms with van der Waals surface area (Å²) in [7, 11) is 1.60. The Morgan fingerprint density at radius 1 is 0.684 bits per heavy atom. The number of carbonyl (C=O) groups excluding carboxylic acids is 3. The Labute approximate surface area is 337 Å². The molecule has 0 aliphatic carbocycles. The second-order valence-corrected chi connectivity index (χ2v) is 13.9. The lowest BCUT2D eigenvalue weighted by molar-refractivity contribution is -0.138. The van der Waals surface area contributed by atoms with Crippen LogP contribution in [0.4, 0.5) is 69.8 Å². The molecule has 0 aliphatic heterocycles. The van der Waals surface area contributed by atoms with Crippen molar-refractivity contribution >= 4 is 82.0 Å². The normalized spacial score (nSPS) is 11.4. The second-order valence-electron chi connectivity index (χ2n) is 12.7. The molecule has 0 atom stereocenters. The number of hydrogen-bond donors (Lipinski definition) is 5. The number of benzene rings is 2. The highest BCUT2D eigenvalue weighted by atomic mass is 35.5. The molecule has 0 fully saturated rings. The average Bonchev–Trinajstić information content (AvgIpc) is 3.04. The first-order chi connectivity index (χ1) is 26.3. The van der Waals surface area contributed by atoms with Gasteiger partial charge in [-0.2, -0.15) is 31.3 Å². The molecule has 0 spiro atoms. The topological polar surface area (TPSA) is 175 Å². The third-order valence-corrected chi connectivity index (χ3v) is 7.50. The van der Waals surface area contributed by atoms with E-state index < -0.39 is 57.3 Å². The number of ether oxygens (including phenoxy) is 1. The summed E-state index contributed by atoms with van der Waals surface area (Å²) in [6.45, 7) is 9.29. The predicted molar refractivity (Wildman–Crippen MR) is 204 cm³/mol. The lowest BCUT2D eigenvalue weighted by Gasteiger charge is -2.24. The van der Waals surface area contributed by atoms with Gasteiger partial charge < -0.3 is 25.6 Å². The SMILES string of the molecule is Cc1cc(Cl)nc(NC(=O)Nc2ccc(Cl)c(C(F)(F)F)c2)n1.Cc1cc(NCCN(C)C(=O)OC(C)(C)C)nc(NC(=O)Nc2ccc(Cl)c(C(F)(F)F)c2)n1. The van der Waals surface area contributed by atoms with Crippen LogP contribution in [0.1, 0.15) is 43.3 Å². The van der Waals surface area contributed by atoms with Gasteiger partial charge in [-0.1, -0.05) is 34.8 Å². The fourth-order valence-electron chi connectivity index (χ4n) is 4.25. The number of alkyl halides is 6. The van der Waals surface area contributed by atoms with Crippen LogP contribution in [0.5, 0.6) is 0 Å². The molecular formula is C34H35Cl3F6N10O4. The molecule has 0 saturated carbocycles. The maximum absolute atomic E-state index is 13.0. The summed E-state index contributed by atoms with van der Waals surface area (Å²) in [5, 5.41) is 11.4. The summed E-state index contributed by atoms with van der Waals surface area (Å²) in [4.78, 5) is 53.4. The molecule has 0 unspecified atom stereocenters. The largest absolute Gasteiger partial charge is 0.444 e. The number of hydrogen-bond acceptors (Lipinski definition) is 9. The van der Waals surface area contributed by atoms with Crippen LogP contribution in [0.25, 0.3) is 0 Å². The smallest absolute Gasteiger partial charge is 0.417 e. The zero-order valence-corrected chi connectivity index (χ0v) is 33.1. The van der Waals surface area contributed by atoms with E-state index in [4.69, 9.17) is 39.5 Å². The summed E-state index contributed by atoms with van der Waals surface area (Å²) in [5.41, 5.74) is -1.87. The zero-order chi connectivity index (χ0) is 42.9. The molecule has 2 heterocycles. The fraction of sp³-hybridized carbons (Fsp3) is 0.324. The summed E-state index contributed by atoms with van der Waals surface area (Å²) >= 11 is 16.8. The van der Waals surface area contributed by atoms with E-state index in [0.717, 1.165) is 24.3 Å². The van der Waals surface area contributed by atoms with Crippen molar-refractivity contribution in [2.75, 3.05) is 46.7 Å². The maximum Gasteiger partial charge on any atom is 0.417 e. The number of nitrogens with zero attached hydrogens (tertiary/aromatic N) is 5. The lowest BCUT2D eigenvalue weighted by atomic mass is 10.2. The molecular weight excluding hydrogens is 833 g/mol. The highest BCUT2D eigenvalue weighted by Crippen LogP contribution is 2.37. The van der Waals surface area contributed by atoms with Crippen molar-refractivity contribution in [1.82, 2.24) is 24.8 Å². The average molecular weight is 868 g/mol. The molecule has 0 aliphatic rings. The Bertz CT molecular complexity index is 2070. The maximum atomic E-state index is 13.0. The number of carbonyl (C=O) groups is 3. The van der Waals surface area contributed by atoms with Crippen molar-refractivity contribution in [3.05, 3.63) is 86.2 Å². The molecule has 23 heteroatoms. The Morgan fingerprint density at radius 3 is 1.58 bits per heavy atom. The van der Waals surface area contributed by atoms with Gasteiger partial charge in [0, 0.05) is 49.0 Å². The molecule has 0 saturated heterocycles. The highest BCUT2D eigenvalue weighted by Gasteiger charge is 2.34. The Balaban J connectivity index is 0.000000329. The number of anilines is 5. The summed E-state index contributed by atoms with van der Waals surface area (Å²) in [6, 6.07) is 7.48. The second kappa shape index (κ2) is 19.2. The number of aryl methyl sites for hydroxylation is 2. The van der Waals surface area contributed by atoms with Crippen molar-refractivity contribution in [2.45, 2.75) is 52.6 Å². The summed E-state index contributed by atoms with van der Waals surface area (Å²) < 4.78 is 82.5. The number of urea groups is 2. The van der Waals surface area contributed by atoms with E-state index >= 15 is 0 Å². The van der Waals surface area contributed by atoms with Gasteiger partial charge in [-0.05, 0) is 77.1 Å². The third kappa shape index (κ3) is 15.6. The Kier molecular flexibility index (Phi) is 15.5. The number of likely N-dealkylation sites (N-methyl/N-ethyl adjacent to an activating group) is 1. The van der Waals surface area contributed by atoms with Crippen LogP contribution in [-0.4, -0.2) is 68.7 Å². The van der Waals surface area contributed by atoms with E-state index in [9.17, 15) is 40.7 Å². The molecule has 2 aromatic heterocycles. The molecule has 4 rings (SSSR count). The molecule has 308 valence electrons. The van der Waals surface area contributed by atoms with E-state index in [-0.39, 0.29) is 28.4 Å². The van der Waals surface area contributed by atoms with Crippen molar-refractivity contribution < 1.29 is 45.5 Å². The monoisotopic (exact) mass is 866 g/mol. The highest BCUT2D eigenvalue weighted by molar-refractivity contribution is 6.32. The first kappa shape index (κ1) is 46.0. The first-order valence-corrected chi connectivity index (χ1v) is 17.4. The fourth-order valence-corrected chi connectivity index (χ4v) is 4.94. The predicted octanol–water partition coefficient (Wildman–Crippen LogP) is 10.1. The van der Waals surface area contributed by atoms with Crippen molar-refractivity contribution in [3.8, 4) is 0 Å². The molecule has 5 amide bonds. The Morgan fingerprint density at radius 2 is 1.14 bits per heavy atom. The molecule has 4 aromatic rings.